The predicted octanol–water partition coefficient (Wildman–Crippen LogP) is 2.09. The monoisotopic (exact) mass is 471 g/mol. The molecule has 2 saturated heterocycles. The van der Waals surface area contributed by atoms with Gasteiger partial charge in [0, 0.05) is 49.4 Å². The molecule has 1 aromatic carbocycles. The summed E-state index contributed by atoms with van der Waals surface area (Å²) in [5.74, 6) is 0.898. The summed E-state index contributed by atoms with van der Waals surface area (Å²) < 4.78 is 5.68. The van der Waals surface area contributed by atoms with Crippen molar-refractivity contribution in [3.05, 3.63) is 52.4 Å². The minimum absolute atomic E-state index is 0.0714. The summed E-state index contributed by atoms with van der Waals surface area (Å²) in [6.45, 7) is 6.63. The number of rotatable bonds is 4. The number of piperazine rings is 1. The summed E-state index contributed by atoms with van der Waals surface area (Å²) in [4.78, 5) is 26.8. The van der Waals surface area contributed by atoms with Crippen molar-refractivity contribution in [3.8, 4) is 0 Å². The van der Waals surface area contributed by atoms with Crippen LogP contribution in [0.3, 0.4) is 0 Å². The van der Waals surface area contributed by atoms with Crippen LogP contribution in [0.25, 0.3) is 0 Å². The molecule has 2 aromatic rings. The minimum Gasteiger partial charge on any atom is -0.387 e. The van der Waals surface area contributed by atoms with Gasteiger partial charge < -0.3 is 25.0 Å². The van der Waals surface area contributed by atoms with Crippen molar-refractivity contribution in [1.29, 1.82) is 0 Å². The molecule has 0 saturated carbocycles. The molecule has 2 N–H and O–H groups in total. The van der Waals surface area contributed by atoms with Crippen LogP contribution in [0, 0.1) is 0 Å². The minimum atomic E-state index is -0.523. The molecular weight excluding hydrogens is 442 g/mol. The van der Waals surface area contributed by atoms with E-state index in [4.69, 9.17) is 16.3 Å². The molecule has 0 radical (unpaired) electrons. The van der Waals surface area contributed by atoms with Gasteiger partial charge in [-0.3, -0.25) is 4.79 Å². The number of nitrogens with one attached hydrogen (secondary N) is 1. The Morgan fingerprint density at radius 1 is 1.21 bits per heavy atom. The number of hydrogen-bond donors (Lipinski definition) is 2. The Bertz CT molecular complexity index is 990. The smallest absolute Gasteiger partial charge is 0.231 e. The van der Waals surface area contributed by atoms with E-state index in [2.05, 4.69) is 27.1 Å². The van der Waals surface area contributed by atoms with Crippen LogP contribution in [-0.4, -0.2) is 77.9 Å². The maximum Gasteiger partial charge on any atom is 0.231 e. The number of amides is 1. The number of nitrogens with zero attached hydrogens (tertiary/aromatic N) is 4. The second-order valence-electron chi connectivity index (χ2n) is 9.13. The zero-order valence-corrected chi connectivity index (χ0v) is 19.5. The number of benzene rings is 1. The van der Waals surface area contributed by atoms with Gasteiger partial charge in [-0.25, -0.2) is 9.97 Å². The topological polar surface area (TPSA) is 90.8 Å². The number of fused-ring (bicyclic) bond motifs is 1. The maximum atomic E-state index is 13.7. The quantitative estimate of drug-likeness (QED) is 0.705. The molecule has 1 aromatic heterocycles. The molecule has 3 aliphatic rings. The molecule has 33 heavy (non-hydrogen) atoms. The number of carbonyl (C=O) groups is 1. The Kier molecular flexibility index (Phi) is 6.51. The molecule has 9 heteroatoms. The highest BCUT2D eigenvalue weighted by Gasteiger charge is 2.37. The number of aliphatic hydroxyl groups is 1. The molecule has 176 valence electrons. The van der Waals surface area contributed by atoms with Gasteiger partial charge in [0.1, 0.15) is 12.1 Å². The summed E-state index contributed by atoms with van der Waals surface area (Å²) in [5.41, 5.74) is 2.75. The third-order valence-electron chi connectivity index (χ3n) is 7.02. The van der Waals surface area contributed by atoms with Gasteiger partial charge in [0.25, 0.3) is 0 Å². The third kappa shape index (κ3) is 4.45. The summed E-state index contributed by atoms with van der Waals surface area (Å²) in [5, 5.41) is 14.4. The van der Waals surface area contributed by atoms with Crippen LogP contribution in [-0.2, 0) is 9.53 Å². The van der Waals surface area contributed by atoms with Gasteiger partial charge in [-0.2, -0.15) is 0 Å². The highest BCUT2D eigenvalue weighted by molar-refractivity contribution is 6.30. The van der Waals surface area contributed by atoms with Gasteiger partial charge in [0.15, 0.2) is 0 Å². The van der Waals surface area contributed by atoms with E-state index < -0.39 is 6.10 Å². The second-order valence-corrected chi connectivity index (χ2v) is 9.56. The molecule has 0 bridgehead atoms. The molecule has 1 amide bonds. The first-order valence-corrected chi connectivity index (χ1v) is 12.0. The van der Waals surface area contributed by atoms with Crippen molar-refractivity contribution >= 4 is 23.3 Å². The fourth-order valence-corrected chi connectivity index (χ4v) is 5.43. The lowest BCUT2D eigenvalue weighted by Gasteiger charge is -2.40. The summed E-state index contributed by atoms with van der Waals surface area (Å²) in [7, 11) is 0. The standard InChI is InChI=1S/C24H30ClN5O3/c1-15-12-19(31)22-20(15)23(28-14-27-22)29-7-9-30(10-8-29)24(32)21(18-13-33-11-6-26-18)16-2-4-17(25)5-3-16/h2-5,14-15,18-19,21,26,31H,6-13H2,1H3/t15-,18+,19+,21+/m1/s1. The van der Waals surface area contributed by atoms with Crippen molar-refractivity contribution in [2.45, 2.75) is 37.3 Å². The second kappa shape index (κ2) is 9.54. The zero-order valence-electron chi connectivity index (χ0n) is 18.8. The average molecular weight is 472 g/mol. The normalized spacial score (nSPS) is 26.2. The van der Waals surface area contributed by atoms with Gasteiger partial charge in [-0.1, -0.05) is 30.7 Å². The predicted molar refractivity (Wildman–Crippen MR) is 126 cm³/mol. The fourth-order valence-electron chi connectivity index (χ4n) is 5.31. The average Bonchev–Trinajstić information content (AvgIpc) is 3.15. The number of carbonyl (C=O) groups excluding carboxylic acids is 1. The van der Waals surface area contributed by atoms with Crippen LogP contribution < -0.4 is 10.2 Å². The third-order valence-corrected chi connectivity index (χ3v) is 7.27. The summed E-state index contributed by atoms with van der Waals surface area (Å²) in [6.07, 6.45) is 1.70. The van der Waals surface area contributed by atoms with Crippen LogP contribution >= 0.6 is 11.6 Å². The maximum absolute atomic E-state index is 13.7. The van der Waals surface area contributed by atoms with E-state index in [1.54, 1.807) is 0 Å². The van der Waals surface area contributed by atoms with Crippen molar-refractivity contribution in [1.82, 2.24) is 20.2 Å². The Hall–Kier alpha value is -2.26. The number of halogens is 1. The molecule has 2 fully saturated rings. The van der Waals surface area contributed by atoms with Crippen LogP contribution in [0.15, 0.2) is 30.6 Å². The molecule has 0 unspecified atom stereocenters. The van der Waals surface area contributed by atoms with Crippen LogP contribution in [0.2, 0.25) is 5.02 Å². The first-order valence-electron chi connectivity index (χ1n) is 11.7. The van der Waals surface area contributed by atoms with Gasteiger partial charge in [-0.05, 0) is 30.0 Å². The van der Waals surface area contributed by atoms with Gasteiger partial charge in [0.05, 0.1) is 30.9 Å². The molecule has 2 aliphatic heterocycles. The Labute approximate surface area is 198 Å². The van der Waals surface area contributed by atoms with E-state index in [-0.39, 0.29) is 23.8 Å². The van der Waals surface area contributed by atoms with Crippen LogP contribution in [0.5, 0.6) is 0 Å². The molecule has 4 atom stereocenters. The molecule has 1 aliphatic carbocycles. The Morgan fingerprint density at radius 3 is 2.67 bits per heavy atom. The summed E-state index contributed by atoms with van der Waals surface area (Å²) >= 11 is 6.10. The fraction of sp³-hybridized carbons (Fsp3) is 0.542. The Balaban J connectivity index is 1.32. The summed E-state index contributed by atoms with van der Waals surface area (Å²) in [6, 6.07) is 7.48. The molecular formula is C24H30ClN5O3. The lowest BCUT2D eigenvalue weighted by atomic mass is 9.89. The molecule has 0 spiro atoms. The van der Waals surface area contributed by atoms with Gasteiger partial charge in [-0.15, -0.1) is 0 Å². The highest BCUT2D eigenvalue weighted by Crippen LogP contribution is 2.42. The Morgan fingerprint density at radius 2 is 1.97 bits per heavy atom. The number of anilines is 1. The number of aromatic nitrogens is 2. The van der Waals surface area contributed by atoms with Gasteiger partial charge >= 0.3 is 0 Å². The number of morpholine rings is 1. The van der Waals surface area contributed by atoms with E-state index in [1.165, 1.54) is 6.33 Å². The van der Waals surface area contributed by atoms with Gasteiger partial charge in [0.2, 0.25) is 5.91 Å². The number of hydrogen-bond acceptors (Lipinski definition) is 7. The molecule has 3 heterocycles. The molecule has 5 rings (SSSR count). The van der Waals surface area contributed by atoms with E-state index in [1.807, 2.05) is 29.2 Å². The first-order chi connectivity index (χ1) is 16.0. The molecule has 8 nitrogen and oxygen atoms in total. The van der Waals surface area contributed by atoms with Crippen LogP contribution in [0.4, 0.5) is 5.82 Å². The lowest BCUT2D eigenvalue weighted by molar-refractivity contribution is -0.134. The van der Waals surface area contributed by atoms with E-state index in [0.717, 1.165) is 29.2 Å². The van der Waals surface area contributed by atoms with E-state index >= 15 is 0 Å². The van der Waals surface area contributed by atoms with Crippen molar-refractivity contribution in [3.63, 3.8) is 0 Å². The van der Waals surface area contributed by atoms with E-state index in [9.17, 15) is 9.90 Å². The SMILES string of the molecule is C[C@@H]1C[C@H](O)c2ncnc(N3CCN(C(=O)[C@@H](c4ccc(Cl)cc4)[C@@H]4COCCN4)CC3)c21. The first kappa shape index (κ1) is 22.5. The lowest BCUT2D eigenvalue weighted by Crippen LogP contribution is -2.55. The van der Waals surface area contributed by atoms with Crippen LogP contribution in [0.1, 0.15) is 48.1 Å². The van der Waals surface area contributed by atoms with E-state index in [0.29, 0.717) is 50.8 Å². The number of aliphatic hydroxyl groups excluding tert-OH is 1. The van der Waals surface area contributed by atoms with Crippen molar-refractivity contribution in [2.24, 2.45) is 0 Å². The zero-order chi connectivity index (χ0) is 22.9. The van der Waals surface area contributed by atoms with Crippen molar-refractivity contribution in [2.75, 3.05) is 50.8 Å². The van der Waals surface area contributed by atoms with Crippen molar-refractivity contribution < 1.29 is 14.6 Å². The highest BCUT2D eigenvalue weighted by atomic mass is 35.5. The number of ether oxygens (including phenoxy) is 1. The largest absolute Gasteiger partial charge is 0.387 e.